The highest BCUT2D eigenvalue weighted by molar-refractivity contribution is 5.65. The van der Waals surface area contributed by atoms with Gasteiger partial charge in [0.1, 0.15) is 17.3 Å². The third-order valence-electron chi connectivity index (χ3n) is 5.36. The first kappa shape index (κ1) is 20.5. The first-order valence-electron chi connectivity index (χ1n) is 9.77. The van der Waals surface area contributed by atoms with Gasteiger partial charge in [-0.1, -0.05) is 12.1 Å². The molecule has 0 amide bonds. The van der Waals surface area contributed by atoms with E-state index in [4.69, 9.17) is 4.42 Å². The van der Waals surface area contributed by atoms with Gasteiger partial charge >= 0.3 is 6.18 Å². The Morgan fingerprint density at radius 2 is 1.90 bits per heavy atom. The van der Waals surface area contributed by atoms with Crippen molar-refractivity contribution in [1.29, 1.82) is 0 Å². The van der Waals surface area contributed by atoms with Crippen LogP contribution in [0.1, 0.15) is 41.8 Å². The number of halogens is 4. The topological polar surface area (TPSA) is 42.2 Å². The van der Waals surface area contributed by atoms with Crippen LogP contribution in [0, 0.1) is 12.7 Å². The van der Waals surface area contributed by atoms with E-state index in [1.807, 2.05) is 19.1 Å². The number of hydrogen-bond donors (Lipinski definition) is 0. The van der Waals surface area contributed by atoms with Gasteiger partial charge in [0.25, 0.3) is 0 Å². The monoisotopic (exact) mass is 419 g/mol. The van der Waals surface area contributed by atoms with Crippen LogP contribution in [0.2, 0.25) is 0 Å². The molecule has 0 spiro atoms. The van der Waals surface area contributed by atoms with Crippen molar-refractivity contribution in [2.24, 2.45) is 0 Å². The van der Waals surface area contributed by atoms with Crippen molar-refractivity contribution in [3.63, 3.8) is 0 Å². The molecule has 8 heteroatoms. The Balaban J connectivity index is 1.59. The van der Waals surface area contributed by atoms with Crippen LogP contribution >= 0.6 is 0 Å². The molecule has 1 fully saturated rings. The summed E-state index contributed by atoms with van der Waals surface area (Å²) < 4.78 is 59.0. The summed E-state index contributed by atoms with van der Waals surface area (Å²) in [5, 5.41) is 0. The predicted octanol–water partition coefficient (Wildman–Crippen LogP) is 5.58. The zero-order valence-electron chi connectivity index (χ0n) is 16.4. The summed E-state index contributed by atoms with van der Waals surface area (Å²) in [6.45, 7) is 3.96. The number of alkyl halides is 3. The molecule has 1 saturated heterocycles. The molecule has 0 bridgehead atoms. The minimum Gasteiger partial charge on any atom is -0.465 e. The van der Waals surface area contributed by atoms with Crippen molar-refractivity contribution in [2.45, 2.75) is 38.4 Å². The molecule has 30 heavy (non-hydrogen) atoms. The normalized spacial score (nSPS) is 16.2. The zero-order chi connectivity index (χ0) is 21.3. The van der Waals surface area contributed by atoms with E-state index in [0.717, 1.165) is 17.7 Å². The molecule has 3 aromatic rings. The molecule has 158 valence electrons. The Kier molecular flexibility index (Phi) is 5.60. The van der Waals surface area contributed by atoms with E-state index in [1.165, 1.54) is 18.2 Å². The van der Waals surface area contributed by atoms with Crippen LogP contribution in [0.3, 0.4) is 0 Å². The smallest absolute Gasteiger partial charge is 0.451 e. The highest BCUT2D eigenvalue weighted by Gasteiger charge is 2.36. The van der Waals surface area contributed by atoms with Gasteiger partial charge in [-0.25, -0.2) is 14.4 Å². The zero-order valence-corrected chi connectivity index (χ0v) is 16.4. The molecule has 1 aliphatic heterocycles. The van der Waals surface area contributed by atoms with Crippen molar-refractivity contribution < 1.29 is 22.0 Å². The van der Waals surface area contributed by atoms with Crippen molar-refractivity contribution in [3.05, 3.63) is 71.5 Å². The molecule has 2 aromatic heterocycles. The Labute approximate surface area is 171 Å². The quantitative estimate of drug-likeness (QED) is 0.518. The van der Waals surface area contributed by atoms with Crippen LogP contribution in [0.15, 0.2) is 47.0 Å². The van der Waals surface area contributed by atoms with Gasteiger partial charge in [0.05, 0.1) is 12.2 Å². The van der Waals surface area contributed by atoms with Crippen molar-refractivity contribution >= 4 is 0 Å². The first-order chi connectivity index (χ1) is 14.3. The van der Waals surface area contributed by atoms with Gasteiger partial charge in [-0.3, -0.25) is 4.90 Å². The maximum absolute atomic E-state index is 13.7. The Hall–Kier alpha value is -2.74. The van der Waals surface area contributed by atoms with Gasteiger partial charge in [0.15, 0.2) is 0 Å². The Morgan fingerprint density at radius 3 is 2.53 bits per heavy atom. The molecule has 0 unspecified atom stereocenters. The second-order valence-electron chi connectivity index (χ2n) is 7.56. The summed E-state index contributed by atoms with van der Waals surface area (Å²) >= 11 is 0. The molecule has 0 saturated carbocycles. The summed E-state index contributed by atoms with van der Waals surface area (Å²) in [6, 6.07) is 9.62. The minimum absolute atomic E-state index is 0.165. The first-order valence-corrected chi connectivity index (χ1v) is 9.77. The second kappa shape index (κ2) is 8.18. The fraction of sp³-hybridized carbons (Fsp3) is 0.364. The van der Waals surface area contributed by atoms with Crippen LogP contribution in [-0.4, -0.2) is 28.0 Å². The molecule has 0 radical (unpaired) electrons. The van der Waals surface area contributed by atoms with E-state index in [2.05, 4.69) is 14.9 Å². The highest BCUT2D eigenvalue weighted by atomic mass is 19.4. The number of nitrogens with zero attached hydrogens (tertiary/aromatic N) is 3. The van der Waals surface area contributed by atoms with Gasteiger partial charge in [-0.2, -0.15) is 13.2 Å². The second-order valence-corrected chi connectivity index (χ2v) is 7.56. The van der Waals surface area contributed by atoms with Crippen LogP contribution < -0.4 is 0 Å². The molecule has 3 heterocycles. The lowest BCUT2D eigenvalue weighted by molar-refractivity contribution is -0.145. The number of likely N-dealkylation sites (tertiary alicyclic amines) is 1. The predicted molar refractivity (Wildman–Crippen MR) is 103 cm³/mol. The summed E-state index contributed by atoms with van der Waals surface area (Å²) in [4.78, 5) is 9.60. The van der Waals surface area contributed by atoms with E-state index in [9.17, 15) is 17.6 Å². The number of rotatable bonds is 4. The van der Waals surface area contributed by atoms with Crippen LogP contribution in [0.5, 0.6) is 0 Å². The molecule has 4 rings (SSSR count). The molecule has 1 aromatic carbocycles. The van der Waals surface area contributed by atoms with Crippen LogP contribution in [-0.2, 0) is 12.7 Å². The van der Waals surface area contributed by atoms with Gasteiger partial charge < -0.3 is 4.42 Å². The SMILES string of the molecule is Cc1ccc(CN2CCC(c3nc(C(F)(F)F)ncc3-c3cccc(F)c3)CC2)o1. The average Bonchev–Trinajstić information content (AvgIpc) is 3.12. The fourth-order valence-corrected chi connectivity index (χ4v) is 3.88. The van der Waals surface area contributed by atoms with Crippen molar-refractivity contribution in [3.8, 4) is 11.1 Å². The maximum Gasteiger partial charge on any atom is 0.451 e. The molecule has 0 atom stereocenters. The third-order valence-corrected chi connectivity index (χ3v) is 5.36. The van der Waals surface area contributed by atoms with Crippen LogP contribution in [0.25, 0.3) is 11.1 Å². The molecule has 0 N–H and O–H groups in total. The summed E-state index contributed by atoms with van der Waals surface area (Å²) in [6.07, 6.45) is -2.17. The number of hydrogen-bond acceptors (Lipinski definition) is 4. The molecular weight excluding hydrogens is 398 g/mol. The van der Waals surface area contributed by atoms with E-state index in [-0.39, 0.29) is 5.92 Å². The minimum atomic E-state index is -4.63. The number of aromatic nitrogens is 2. The number of furan rings is 1. The number of piperidine rings is 1. The van der Waals surface area contributed by atoms with E-state index in [1.54, 1.807) is 6.07 Å². The molecule has 4 nitrogen and oxygen atoms in total. The van der Waals surface area contributed by atoms with E-state index < -0.39 is 17.8 Å². The standard InChI is InChI=1S/C22H21F4N3O/c1-14-5-6-18(30-14)13-29-9-7-15(8-10-29)20-19(16-3-2-4-17(23)11-16)12-27-21(28-20)22(24,25)26/h2-6,11-12,15H,7-10,13H2,1H3. The third kappa shape index (κ3) is 4.53. The molecular formula is C22H21F4N3O. The van der Waals surface area contributed by atoms with Gasteiger partial charge in [0.2, 0.25) is 5.82 Å². The van der Waals surface area contributed by atoms with Gasteiger partial charge in [-0.15, -0.1) is 0 Å². The number of benzene rings is 1. The van der Waals surface area contributed by atoms with Crippen LogP contribution in [0.4, 0.5) is 17.6 Å². The number of aryl methyl sites for hydroxylation is 1. The Bertz CT molecular complexity index is 1020. The molecule has 1 aliphatic rings. The summed E-state index contributed by atoms with van der Waals surface area (Å²) in [7, 11) is 0. The van der Waals surface area contributed by atoms with Gasteiger partial charge in [-0.05, 0) is 62.7 Å². The lowest BCUT2D eigenvalue weighted by Gasteiger charge is -2.32. The fourth-order valence-electron chi connectivity index (χ4n) is 3.88. The van der Waals surface area contributed by atoms with E-state index in [0.29, 0.717) is 49.3 Å². The molecule has 0 aliphatic carbocycles. The van der Waals surface area contributed by atoms with E-state index >= 15 is 0 Å². The lowest BCUT2D eigenvalue weighted by Crippen LogP contribution is -2.33. The maximum atomic E-state index is 13.7. The lowest BCUT2D eigenvalue weighted by atomic mass is 9.88. The van der Waals surface area contributed by atoms with Crippen molar-refractivity contribution in [1.82, 2.24) is 14.9 Å². The van der Waals surface area contributed by atoms with Crippen molar-refractivity contribution in [2.75, 3.05) is 13.1 Å². The average molecular weight is 419 g/mol. The Morgan fingerprint density at radius 1 is 1.13 bits per heavy atom. The largest absolute Gasteiger partial charge is 0.465 e. The summed E-state index contributed by atoms with van der Waals surface area (Å²) in [5.74, 6) is -0.0666. The summed E-state index contributed by atoms with van der Waals surface area (Å²) in [5.41, 5.74) is 1.26. The van der Waals surface area contributed by atoms with Gasteiger partial charge in [0, 0.05) is 17.7 Å². The highest BCUT2D eigenvalue weighted by Crippen LogP contribution is 2.36.